The maximum Gasteiger partial charge on any atom is 0.244 e. The van der Waals surface area contributed by atoms with Gasteiger partial charge in [0.15, 0.2) is 0 Å². The molecule has 5 nitrogen and oxygen atoms in total. The molecule has 2 rings (SSSR count). The Morgan fingerprint density at radius 3 is 2.67 bits per heavy atom. The topological polar surface area (TPSA) is 54.3 Å². The Kier molecular flexibility index (Phi) is 5.46. The molecular formula is C15H27N3O2S. The highest BCUT2D eigenvalue weighted by Crippen LogP contribution is 2.31. The Morgan fingerprint density at radius 1 is 1.38 bits per heavy atom. The molecule has 0 aliphatic heterocycles. The van der Waals surface area contributed by atoms with Crippen LogP contribution in [-0.4, -0.2) is 37.4 Å². The average Bonchev–Trinajstić information content (AvgIpc) is 3.16. The number of sulfonamides is 1. The second kappa shape index (κ2) is 6.94. The van der Waals surface area contributed by atoms with E-state index in [9.17, 15) is 8.42 Å². The maximum absolute atomic E-state index is 12.6. The lowest BCUT2D eigenvalue weighted by Gasteiger charge is -2.15. The van der Waals surface area contributed by atoms with Gasteiger partial charge >= 0.3 is 0 Å². The van der Waals surface area contributed by atoms with Gasteiger partial charge in [0.1, 0.15) is 4.90 Å². The molecule has 0 unspecified atom stereocenters. The smallest absolute Gasteiger partial charge is 0.244 e. The van der Waals surface area contributed by atoms with Gasteiger partial charge in [-0.05, 0) is 37.8 Å². The molecule has 1 fully saturated rings. The summed E-state index contributed by atoms with van der Waals surface area (Å²) in [5, 5.41) is 3.27. The molecule has 0 aromatic carbocycles. The zero-order valence-corrected chi connectivity index (χ0v) is 14.1. The second-order valence-electron chi connectivity index (χ2n) is 5.87. The third-order valence-corrected chi connectivity index (χ3v) is 5.69. The van der Waals surface area contributed by atoms with E-state index in [1.807, 2.05) is 13.0 Å². The molecule has 1 aliphatic carbocycles. The SMILES string of the molecule is CCCn1cc(S(=O)(=O)N(C)CC2CC2)cc1CNCC. The van der Waals surface area contributed by atoms with Crippen LogP contribution in [-0.2, 0) is 23.1 Å². The number of rotatable bonds is 9. The number of nitrogens with one attached hydrogen (secondary N) is 1. The van der Waals surface area contributed by atoms with Gasteiger partial charge in [-0.25, -0.2) is 12.7 Å². The standard InChI is InChI=1S/C15H27N3O2S/c1-4-8-18-12-15(9-14(18)10-16-5-2)21(19,20)17(3)11-13-6-7-13/h9,12-13,16H,4-8,10-11H2,1-3H3. The molecule has 0 spiro atoms. The van der Waals surface area contributed by atoms with Gasteiger partial charge in [0, 0.05) is 38.6 Å². The fraction of sp³-hybridized carbons (Fsp3) is 0.733. The van der Waals surface area contributed by atoms with Crippen LogP contribution < -0.4 is 5.32 Å². The predicted octanol–water partition coefficient (Wildman–Crippen LogP) is 2.04. The lowest BCUT2D eigenvalue weighted by molar-refractivity contribution is 0.452. The van der Waals surface area contributed by atoms with Crippen LogP contribution in [0.5, 0.6) is 0 Å². The summed E-state index contributed by atoms with van der Waals surface area (Å²) in [6, 6.07) is 1.82. The number of hydrogen-bond donors (Lipinski definition) is 1. The minimum absolute atomic E-state index is 0.423. The van der Waals surface area contributed by atoms with Crippen LogP contribution in [0.25, 0.3) is 0 Å². The molecule has 1 aromatic heterocycles. The van der Waals surface area contributed by atoms with Crippen molar-refractivity contribution in [3.05, 3.63) is 18.0 Å². The van der Waals surface area contributed by atoms with Crippen molar-refractivity contribution in [1.82, 2.24) is 14.2 Å². The van der Waals surface area contributed by atoms with Gasteiger partial charge in [0.05, 0.1) is 0 Å². The van der Waals surface area contributed by atoms with E-state index in [4.69, 9.17) is 0 Å². The summed E-state index contributed by atoms with van der Waals surface area (Å²) in [5.41, 5.74) is 1.04. The highest BCUT2D eigenvalue weighted by atomic mass is 32.2. The van der Waals surface area contributed by atoms with Gasteiger partial charge in [0.2, 0.25) is 10.0 Å². The van der Waals surface area contributed by atoms with Gasteiger partial charge in [-0.3, -0.25) is 0 Å². The fourth-order valence-corrected chi connectivity index (χ4v) is 3.77. The van der Waals surface area contributed by atoms with Crippen molar-refractivity contribution in [2.24, 2.45) is 5.92 Å². The Morgan fingerprint density at radius 2 is 2.10 bits per heavy atom. The summed E-state index contributed by atoms with van der Waals surface area (Å²) < 4.78 is 28.8. The first-order chi connectivity index (χ1) is 9.98. The van der Waals surface area contributed by atoms with Crippen molar-refractivity contribution in [1.29, 1.82) is 0 Å². The Hall–Kier alpha value is -0.850. The van der Waals surface area contributed by atoms with Crippen molar-refractivity contribution >= 4 is 10.0 Å². The first-order valence-corrected chi connectivity index (χ1v) is 9.29. The Bertz CT molecular complexity index is 561. The van der Waals surface area contributed by atoms with E-state index in [1.54, 1.807) is 13.2 Å². The third-order valence-electron chi connectivity index (χ3n) is 3.90. The zero-order chi connectivity index (χ0) is 15.5. The summed E-state index contributed by atoms with van der Waals surface area (Å²) >= 11 is 0. The molecule has 21 heavy (non-hydrogen) atoms. The molecule has 0 bridgehead atoms. The highest BCUT2D eigenvalue weighted by Gasteiger charge is 2.30. The van der Waals surface area contributed by atoms with Crippen molar-refractivity contribution in [3.63, 3.8) is 0 Å². The van der Waals surface area contributed by atoms with Crippen LogP contribution in [0.2, 0.25) is 0 Å². The zero-order valence-electron chi connectivity index (χ0n) is 13.3. The molecule has 0 radical (unpaired) electrons. The van der Waals surface area contributed by atoms with E-state index < -0.39 is 10.0 Å². The predicted molar refractivity (Wildman–Crippen MR) is 84.6 cm³/mol. The van der Waals surface area contributed by atoms with Crippen molar-refractivity contribution in [2.75, 3.05) is 20.1 Å². The number of aryl methyl sites for hydroxylation is 1. The monoisotopic (exact) mass is 313 g/mol. The van der Waals surface area contributed by atoms with Crippen molar-refractivity contribution in [2.45, 2.75) is 51.1 Å². The largest absolute Gasteiger partial charge is 0.349 e. The quantitative estimate of drug-likeness (QED) is 0.759. The lowest BCUT2D eigenvalue weighted by atomic mass is 10.4. The van der Waals surface area contributed by atoms with Crippen LogP contribution in [0.4, 0.5) is 0 Å². The summed E-state index contributed by atoms with van der Waals surface area (Å²) in [6.07, 6.45) is 5.09. The van der Waals surface area contributed by atoms with Crippen molar-refractivity contribution < 1.29 is 8.42 Å². The average molecular weight is 313 g/mol. The highest BCUT2D eigenvalue weighted by molar-refractivity contribution is 7.89. The molecule has 1 saturated carbocycles. The minimum atomic E-state index is -3.35. The number of aromatic nitrogens is 1. The summed E-state index contributed by atoms with van der Waals surface area (Å²) in [7, 11) is -1.67. The molecule has 1 aromatic rings. The molecule has 1 N–H and O–H groups in total. The van der Waals surface area contributed by atoms with E-state index in [0.29, 0.717) is 23.9 Å². The first-order valence-electron chi connectivity index (χ1n) is 7.85. The number of nitrogens with zero attached hydrogens (tertiary/aromatic N) is 2. The van der Waals surface area contributed by atoms with Crippen LogP contribution in [0.3, 0.4) is 0 Å². The van der Waals surface area contributed by atoms with E-state index in [0.717, 1.165) is 38.0 Å². The fourth-order valence-electron chi connectivity index (χ4n) is 2.46. The van der Waals surface area contributed by atoms with Gasteiger partial charge in [-0.15, -0.1) is 0 Å². The molecule has 0 amide bonds. The Labute approximate surface area is 128 Å². The van der Waals surface area contributed by atoms with E-state index >= 15 is 0 Å². The molecule has 120 valence electrons. The van der Waals surface area contributed by atoms with Crippen LogP contribution >= 0.6 is 0 Å². The van der Waals surface area contributed by atoms with Gasteiger partial charge in [0.25, 0.3) is 0 Å². The van der Waals surface area contributed by atoms with E-state index in [1.165, 1.54) is 4.31 Å². The second-order valence-corrected chi connectivity index (χ2v) is 7.91. The van der Waals surface area contributed by atoms with Crippen LogP contribution in [0, 0.1) is 5.92 Å². The van der Waals surface area contributed by atoms with Gasteiger partial charge < -0.3 is 9.88 Å². The normalized spacial score (nSPS) is 15.8. The molecule has 0 atom stereocenters. The molecular weight excluding hydrogens is 286 g/mol. The minimum Gasteiger partial charge on any atom is -0.349 e. The van der Waals surface area contributed by atoms with E-state index in [-0.39, 0.29) is 0 Å². The lowest BCUT2D eigenvalue weighted by Crippen LogP contribution is -2.28. The molecule has 1 aliphatic rings. The van der Waals surface area contributed by atoms with E-state index in [2.05, 4.69) is 16.8 Å². The maximum atomic E-state index is 12.6. The molecule has 6 heteroatoms. The summed E-state index contributed by atoms with van der Waals surface area (Å²) in [5.74, 6) is 0.559. The first kappa shape index (κ1) is 16.5. The van der Waals surface area contributed by atoms with Gasteiger partial charge in [-0.1, -0.05) is 13.8 Å². The van der Waals surface area contributed by atoms with Crippen molar-refractivity contribution in [3.8, 4) is 0 Å². The summed E-state index contributed by atoms with van der Waals surface area (Å²) in [4.78, 5) is 0.423. The van der Waals surface area contributed by atoms with Crippen LogP contribution in [0.1, 0.15) is 38.8 Å². The van der Waals surface area contributed by atoms with Gasteiger partial charge in [-0.2, -0.15) is 0 Å². The summed E-state index contributed by atoms with van der Waals surface area (Å²) in [6.45, 7) is 7.23. The Balaban J connectivity index is 2.20. The third kappa shape index (κ3) is 4.08. The molecule has 1 heterocycles. The van der Waals surface area contributed by atoms with Crippen LogP contribution in [0.15, 0.2) is 17.2 Å². The molecule has 0 saturated heterocycles. The number of hydrogen-bond acceptors (Lipinski definition) is 3.